The largest absolute Gasteiger partial charge is 0.310 e. The van der Waals surface area contributed by atoms with Gasteiger partial charge in [-0.15, -0.1) is 11.3 Å². The molecule has 1 fully saturated rings. The standard InChI is InChI=1S/C33H35NP2S/c1-22-20-21-23(2)35(22)33-26(5)37-25(4)31(33)32-24(3)29-18-12-13-19-30(29)34(32)36(27-14-8-6-9-15-27)28-16-10-7-11-17-28/h6-19,22-23H,20-21H2,1-5H3. The summed E-state index contributed by atoms with van der Waals surface area (Å²) in [5.41, 5.74) is 7.35. The van der Waals surface area contributed by atoms with Crippen molar-refractivity contribution in [3.63, 3.8) is 0 Å². The van der Waals surface area contributed by atoms with E-state index in [1.807, 2.05) is 11.3 Å². The van der Waals surface area contributed by atoms with Crippen molar-refractivity contribution >= 4 is 54.1 Å². The third-order valence-corrected chi connectivity index (χ3v) is 15.0. The lowest BCUT2D eigenvalue weighted by atomic mass is 10.1. The first-order valence-corrected chi connectivity index (χ1v) is 17.0. The Balaban J connectivity index is 1.72. The van der Waals surface area contributed by atoms with Crippen LogP contribution in [0.3, 0.4) is 0 Å². The first-order valence-electron chi connectivity index (χ1n) is 13.4. The van der Waals surface area contributed by atoms with Crippen LogP contribution < -0.4 is 15.9 Å². The van der Waals surface area contributed by atoms with Crippen LogP contribution >= 0.6 is 27.3 Å². The van der Waals surface area contributed by atoms with Gasteiger partial charge in [-0.2, -0.15) is 0 Å². The predicted octanol–water partition coefficient (Wildman–Crippen LogP) is 8.87. The Labute approximate surface area is 228 Å². The fraction of sp³-hybridized carbons (Fsp3) is 0.273. The van der Waals surface area contributed by atoms with Gasteiger partial charge in [-0.25, -0.2) is 0 Å². The summed E-state index contributed by atoms with van der Waals surface area (Å²) in [7, 11) is -0.975. The minimum absolute atomic E-state index is 0.185. The van der Waals surface area contributed by atoms with Gasteiger partial charge in [-0.3, -0.25) is 0 Å². The van der Waals surface area contributed by atoms with Gasteiger partial charge in [0.05, 0.1) is 19.3 Å². The molecule has 188 valence electrons. The highest BCUT2D eigenvalue weighted by Crippen LogP contribution is 2.59. The molecule has 6 rings (SSSR count). The van der Waals surface area contributed by atoms with Gasteiger partial charge >= 0.3 is 0 Å². The molecule has 0 spiro atoms. The first-order chi connectivity index (χ1) is 18.0. The molecule has 0 bridgehead atoms. The average Bonchev–Trinajstić information content (AvgIpc) is 3.50. The molecule has 1 nitrogen and oxygen atoms in total. The van der Waals surface area contributed by atoms with E-state index in [0.717, 1.165) is 11.3 Å². The quantitative estimate of drug-likeness (QED) is 0.197. The molecule has 5 aromatic rings. The third kappa shape index (κ3) is 4.23. The third-order valence-electron chi connectivity index (χ3n) is 7.98. The van der Waals surface area contributed by atoms with E-state index in [9.17, 15) is 0 Å². The number of thiophene rings is 1. The molecule has 0 aliphatic carbocycles. The van der Waals surface area contributed by atoms with E-state index < -0.39 is 8.07 Å². The summed E-state index contributed by atoms with van der Waals surface area (Å²) >= 11 is 2.02. The number of hydrogen-bond donors (Lipinski definition) is 0. The highest BCUT2D eigenvalue weighted by molar-refractivity contribution is 7.72. The van der Waals surface area contributed by atoms with E-state index in [2.05, 4.69) is 124 Å². The van der Waals surface area contributed by atoms with E-state index >= 15 is 0 Å². The number of aryl methyl sites for hydroxylation is 3. The average molecular weight is 540 g/mol. The summed E-state index contributed by atoms with van der Waals surface area (Å²) in [6, 6.07) is 31.4. The topological polar surface area (TPSA) is 4.93 Å². The Morgan fingerprint density at radius 3 is 1.86 bits per heavy atom. The van der Waals surface area contributed by atoms with Crippen LogP contribution in [-0.2, 0) is 0 Å². The maximum atomic E-state index is 2.74. The summed E-state index contributed by atoms with van der Waals surface area (Å²) in [6.07, 6.45) is 2.73. The molecule has 3 aromatic carbocycles. The second kappa shape index (κ2) is 10.1. The van der Waals surface area contributed by atoms with Crippen LogP contribution in [0.1, 0.15) is 42.0 Å². The summed E-state index contributed by atoms with van der Waals surface area (Å²) in [4.78, 5) is 3.02. The van der Waals surface area contributed by atoms with E-state index in [4.69, 9.17) is 0 Å². The molecule has 1 aliphatic rings. The van der Waals surface area contributed by atoms with Crippen LogP contribution in [0.25, 0.3) is 22.2 Å². The van der Waals surface area contributed by atoms with E-state index in [1.165, 1.54) is 50.5 Å². The monoisotopic (exact) mass is 539 g/mol. The maximum absolute atomic E-state index is 2.74. The summed E-state index contributed by atoms with van der Waals surface area (Å²) < 4.78 is 2.74. The van der Waals surface area contributed by atoms with Crippen molar-refractivity contribution in [2.75, 3.05) is 0 Å². The number of aromatic nitrogens is 1. The second-order valence-corrected chi connectivity index (χ2v) is 16.9. The van der Waals surface area contributed by atoms with Crippen LogP contribution in [0.5, 0.6) is 0 Å². The van der Waals surface area contributed by atoms with Gasteiger partial charge in [0.25, 0.3) is 0 Å². The lowest BCUT2D eigenvalue weighted by Gasteiger charge is -2.27. The molecule has 0 saturated carbocycles. The smallest absolute Gasteiger partial charge is 0.0599 e. The Hall–Kier alpha value is -2.24. The molecule has 2 unspecified atom stereocenters. The molecule has 0 amide bonds. The molecule has 0 N–H and O–H groups in total. The van der Waals surface area contributed by atoms with Gasteiger partial charge in [0.2, 0.25) is 0 Å². The lowest BCUT2D eigenvalue weighted by Crippen LogP contribution is -2.20. The number of para-hydroxylation sites is 1. The minimum atomic E-state index is -0.791. The molecule has 4 heteroatoms. The molecule has 2 aromatic heterocycles. The van der Waals surface area contributed by atoms with Gasteiger partial charge in [-0.1, -0.05) is 101 Å². The Kier molecular flexibility index (Phi) is 6.87. The minimum Gasteiger partial charge on any atom is -0.310 e. The van der Waals surface area contributed by atoms with Crippen molar-refractivity contribution in [3.8, 4) is 11.3 Å². The fourth-order valence-corrected chi connectivity index (χ4v) is 13.8. The van der Waals surface area contributed by atoms with E-state index in [-0.39, 0.29) is 7.92 Å². The zero-order valence-electron chi connectivity index (χ0n) is 22.4. The zero-order chi connectivity index (χ0) is 25.7. The van der Waals surface area contributed by atoms with Gasteiger partial charge in [0.15, 0.2) is 0 Å². The van der Waals surface area contributed by atoms with Gasteiger partial charge < -0.3 is 4.34 Å². The Morgan fingerprint density at radius 1 is 0.730 bits per heavy atom. The van der Waals surface area contributed by atoms with Crippen LogP contribution in [0, 0.1) is 20.8 Å². The van der Waals surface area contributed by atoms with Gasteiger partial charge in [0.1, 0.15) is 0 Å². The summed E-state index contributed by atoms with van der Waals surface area (Å²) in [5, 5.41) is 5.86. The van der Waals surface area contributed by atoms with E-state index in [0.29, 0.717) is 0 Å². The van der Waals surface area contributed by atoms with Crippen LogP contribution in [0.2, 0.25) is 0 Å². The van der Waals surface area contributed by atoms with Crippen molar-refractivity contribution in [1.29, 1.82) is 0 Å². The van der Waals surface area contributed by atoms with Crippen molar-refractivity contribution in [2.24, 2.45) is 0 Å². The van der Waals surface area contributed by atoms with Crippen LogP contribution in [0.4, 0.5) is 0 Å². The molecule has 3 heterocycles. The van der Waals surface area contributed by atoms with Crippen molar-refractivity contribution in [2.45, 2.75) is 58.8 Å². The molecular weight excluding hydrogens is 504 g/mol. The molecule has 0 radical (unpaired) electrons. The highest BCUT2D eigenvalue weighted by atomic mass is 32.1. The Bertz CT molecular complexity index is 1500. The Morgan fingerprint density at radius 2 is 1.27 bits per heavy atom. The zero-order valence-corrected chi connectivity index (χ0v) is 25.0. The van der Waals surface area contributed by atoms with Crippen LogP contribution in [0.15, 0.2) is 84.9 Å². The second-order valence-electron chi connectivity index (χ2n) is 10.4. The fourth-order valence-electron chi connectivity index (χ4n) is 6.30. The molecule has 2 atom stereocenters. The van der Waals surface area contributed by atoms with E-state index in [1.54, 1.807) is 15.7 Å². The molecule has 1 saturated heterocycles. The predicted molar refractivity (Wildman–Crippen MR) is 169 cm³/mol. The maximum Gasteiger partial charge on any atom is 0.0599 e. The molecule has 1 aliphatic heterocycles. The normalized spacial score (nSPS) is 19.8. The number of rotatable bonds is 5. The van der Waals surface area contributed by atoms with Crippen molar-refractivity contribution in [3.05, 3.63) is 100 Å². The number of fused-ring (bicyclic) bond motifs is 1. The SMILES string of the molecule is Cc1sc(C)c(P2C(C)CCC2C)c1-c1c(C)c2ccccc2n1P(c1ccccc1)c1ccccc1. The van der Waals surface area contributed by atoms with Gasteiger partial charge in [0, 0.05) is 31.3 Å². The number of benzene rings is 3. The number of hydrogen-bond acceptors (Lipinski definition) is 1. The summed E-state index contributed by atoms with van der Waals surface area (Å²) in [6.45, 7) is 12.1. The lowest BCUT2D eigenvalue weighted by molar-refractivity contribution is 0.777. The molecule has 37 heavy (non-hydrogen) atoms. The first kappa shape index (κ1) is 25.1. The molecular formula is C33H35NP2S. The van der Waals surface area contributed by atoms with Gasteiger partial charge in [-0.05, 0) is 61.9 Å². The van der Waals surface area contributed by atoms with Crippen molar-refractivity contribution in [1.82, 2.24) is 4.34 Å². The number of nitrogens with zero attached hydrogens (tertiary/aromatic N) is 1. The van der Waals surface area contributed by atoms with Crippen molar-refractivity contribution < 1.29 is 0 Å². The highest BCUT2D eigenvalue weighted by Gasteiger charge is 2.37. The van der Waals surface area contributed by atoms with Crippen LogP contribution in [-0.4, -0.2) is 15.7 Å². The summed E-state index contributed by atoms with van der Waals surface area (Å²) in [5.74, 6) is 0.